The summed E-state index contributed by atoms with van der Waals surface area (Å²) in [5, 5.41) is 0. The second kappa shape index (κ2) is 25.7. The van der Waals surface area contributed by atoms with Crippen molar-refractivity contribution in [2.75, 3.05) is 0 Å². The molecular formula is C16H39O6P2S2Zn-. The Morgan fingerprint density at radius 1 is 0.556 bits per heavy atom. The number of unbranched alkanes of at least 4 members (excludes halogenated alkanes) is 13. The average molecular weight is 519 g/mol. The smallest absolute Gasteiger partial charge is 0.319 e. The predicted octanol–water partition coefficient (Wildman–Crippen LogP) is 4.67. The van der Waals surface area contributed by atoms with Crippen LogP contribution in [0.5, 0.6) is 0 Å². The van der Waals surface area contributed by atoms with Crippen molar-refractivity contribution in [2.45, 2.75) is 96.8 Å². The standard InChI is InChI=1S/C16H33.2H3O3PS.Zn/c1-3-5-7-9-11-13-15-16-14-12-10-8-6-4-2;2*1-4(2,3)5;/h1,3-16H2,2H3;2*(H3,1,2,3,5);/q-1;;;. The SMILES string of the molecule is OP(O)(O)=S.OP(O)(O)=S.[CH2-]CCCCCCCCCCCCCCC.[Zn]. The minimum absolute atomic E-state index is 0. The van der Waals surface area contributed by atoms with Crippen LogP contribution >= 0.6 is 13.4 Å². The molecule has 0 aromatic rings. The van der Waals surface area contributed by atoms with E-state index < -0.39 is 13.4 Å². The topological polar surface area (TPSA) is 121 Å². The molecule has 11 heteroatoms. The summed E-state index contributed by atoms with van der Waals surface area (Å²) in [5.74, 6) is 0. The molecule has 6 N–H and O–H groups in total. The van der Waals surface area contributed by atoms with Gasteiger partial charge in [-0.3, -0.25) is 0 Å². The summed E-state index contributed by atoms with van der Waals surface area (Å²) >= 11 is 7.21. The molecule has 27 heavy (non-hydrogen) atoms. The van der Waals surface area contributed by atoms with Gasteiger partial charge in [-0.2, -0.15) is 6.42 Å². The second-order valence-electron chi connectivity index (χ2n) is 6.12. The minimum Gasteiger partial charge on any atom is -0.343 e. The van der Waals surface area contributed by atoms with Crippen molar-refractivity contribution in [3.05, 3.63) is 6.92 Å². The van der Waals surface area contributed by atoms with Gasteiger partial charge in [-0.25, -0.2) is 0 Å². The van der Waals surface area contributed by atoms with E-state index in [2.05, 4.69) is 37.5 Å². The fraction of sp³-hybridized carbons (Fsp3) is 0.938. The van der Waals surface area contributed by atoms with Crippen molar-refractivity contribution in [3.63, 3.8) is 0 Å². The summed E-state index contributed by atoms with van der Waals surface area (Å²) in [7, 11) is 0. The third-order valence-corrected chi connectivity index (χ3v) is 3.35. The third-order valence-electron chi connectivity index (χ3n) is 3.35. The van der Waals surface area contributed by atoms with Gasteiger partial charge in [0, 0.05) is 19.5 Å². The van der Waals surface area contributed by atoms with Gasteiger partial charge >= 0.3 is 13.4 Å². The number of hydrogen-bond acceptors (Lipinski definition) is 2. The first-order valence-electron chi connectivity index (χ1n) is 9.27. The molecule has 0 aliphatic carbocycles. The molecule has 0 rings (SSSR count). The van der Waals surface area contributed by atoms with Crippen LogP contribution < -0.4 is 0 Å². The molecule has 0 radical (unpaired) electrons. The first-order chi connectivity index (χ1) is 11.9. The van der Waals surface area contributed by atoms with E-state index >= 15 is 0 Å². The zero-order valence-corrected chi connectivity index (χ0v) is 23.1. The maximum atomic E-state index is 7.56. The van der Waals surface area contributed by atoms with Crippen molar-refractivity contribution in [2.24, 2.45) is 0 Å². The zero-order chi connectivity index (χ0) is 20.9. The Morgan fingerprint density at radius 3 is 0.926 bits per heavy atom. The van der Waals surface area contributed by atoms with Gasteiger partial charge in [0.1, 0.15) is 0 Å². The molecule has 164 valence electrons. The van der Waals surface area contributed by atoms with E-state index in [-0.39, 0.29) is 19.5 Å². The molecule has 0 saturated carbocycles. The van der Waals surface area contributed by atoms with E-state index in [1.165, 1.54) is 83.5 Å². The summed E-state index contributed by atoms with van der Waals surface area (Å²) < 4.78 is 0. The van der Waals surface area contributed by atoms with Crippen LogP contribution in [0.3, 0.4) is 0 Å². The molecule has 0 aromatic heterocycles. The van der Waals surface area contributed by atoms with Crippen molar-refractivity contribution < 1.29 is 48.8 Å². The summed E-state index contributed by atoms with van der Waals surface area (Å²) in [5.41, 5.74) is 0. The van der Waals surface area contributed by atoms with E-state index in [9.17, 15) is 0 Å². The Balaban J connectivity index is -0.000000199. The summed E-state index contributed by atoms with van der Waals surface area (Å²) in [6.45, 7) is -1.45. The summed E-state index contributed by atoms with van der Waals surface area (Å²) in [6.07, 6.45) is 19.8. The first kappa shape index (κ1) is 36.1. The molecule has 0 saturated heterocycles. The van der Waals surface area contributed by atoms with Gasteiger partial charge in [-0.05, 0) is 23.6 Å². The van der Waals surface area contributed by atoms with Crippen LogP contribution in [0.25, 0.3) is 0 Å². The fourth-order valence-corrected chi connectivity index (χ4v) is 2.19. The first-order valence-corrected chi connectivity index (χ1v) is 14.6. The second-order valence-corrected chi connectivity index (χ2v) is 11.1. The van der Waals surface area contributed by atoms with Gasteiger partial charge in [0.15, 0.2) is 0 Å². The largest absolute Gasteiger partial charge is 0.343 e. The zero-order valence-electron chi connectivity index (χ0n) is 16.7. The quantitative estimate of drug-likeness (QED) is 0.0900. The summed E-state index contributed by atoms with van der Waals surface area (Å²) in [4.78, 5) is 45.3. The monoisotopic (exact) mass is 517 g/mol. The van der Waals surface area contributed by atoms with Crippen LogP contribution in [0.4, 0.5) is 0 Å². The van der Waals surface area contributed by atoms with Crippen molar-refractivity contribution >= 4 is 37.1 Å². The Bertz CT molecular complexity index is 316. The molecule has 0 spiro atoms. The van der Waals surface area contributed by atoms with Crippen LogP contribution in [0.15, 0.2) is 0 Å². The normalized spacial score (nSPS) is 10.8. The Morgan fingerprint density at radius 2 is 0.741 bits per heavy atom. The average Bonchev–Trinajstić information content (AvgIpc) is 2.45. The molecule has 0 aliphatic heterocycles. The van der Waals surface area contributed by atoms with E-state index in [1.807, 2.05) is 0 Å². The molecule has 0 unspecified atom stereocenters. The molecule has 0 aliphatic rings. The molecule has 0 fully saturated rings. The van der Waals surface area contributed by atoms with Crippen LogP contribution in [0.2, 0.25) is 0 Å². The van der Waals surface area contributed by atoms with E-state index in [0.717, 1.165) is 6.42 Å². The van der Waals surface area contributed by atoms with E-state index in [0.29, 0.717) is 0 Å². The minimum atomic E-state index is -3.81. The Hall–Kier alpha value is 1.68. The van der Waals surface area contributed by atoms with Crippen LogP contribution in [-0.4, -0.2) is 29.4 Å². The number of rotatable bonds is 13. The molecular weight excluding hydrogens is 480 g/mol. The molecule has 6 nitrogen and oxygen atoms in total. The van der Waals surface area contributed by atoms with Crippen LogP contribution in [0, 0.1) is 6.92 Å². The molecule has 0 aromatic carbocycles. The number of hydrogen-bond donors (Lipinski definition) is 6. The van der Waals surface area contributed by atoms with Crippen molar-refractivity contribution in [1.82, 2.24) is 0 Å². The Kier molecular flexibility index (Phi) is 34.4. The third kappa shape index (κ3) is 84.7. The summed E-state index contributed by atoms with van der Waals surface area (Å²) in [6, 6.07) is 0. The van der Waals surface area contributed by atoms with Crippen molar-refractivity contribution in [1.29, 1.82) is 0 Å². The van der Waals surface area contributed by atoms with Crippen LogP contribution in [0.1, 0.15) is 96.8 Å². The molecule has 0 bridgehead atoms. The van der Waals surface area contributed by atoms with Gasteiger partial charge in [0.05, 0.1) is 0 Å². The van der Waals surface area contributed by atoms with Crippen molar-refractivity contribution in [3.8, 4) is 0 Å². The van der Waals surface area contributed by atoms with Gasteiger partial charge in [-0.15, -0.1) is 0 Å². The molecule has 0 amide bonds. The van der Waals surface area contributed by atoms with E-state index in [4.69, 9.17) is 29.4 Å². The van der Waals surface area contributed by atoms with Gasteiger partial charge in [0.2, 0.25) is 0 Å². The van der Waals surface area contributed by atoms with Gasteiger partial charge in [-0.1, -0.05) is 90.4 Å². The Labute approximate surface area is 189 Å². The van der Waals surface area contributed by atoms with Gasteiger partial charge in [0.25, 0.3) is 0 Å². The molecule has 0 atom stereocenters. The maximum Gasteiger partial charge on any atom is 0.319 e. The van der Waals surface area contributed by atoms with Gasteiger partial charge < -0.3 is 36.3 Å². The maximum absolute atomic E-state index is 7.56. The predicted molar refractivity (Wildman–Crippen MR) is 118 cm³/mol. The molecule has 0 heterocycles. The van der Waals surface area contributed by atoms with E-state index in [1.54, 1.807) is 0 Å². The fourth-order valence-electron chi connectivity index (χ4n) is 2.19. The van der Waals surface area contributed by atoms with Crippen LogP contribution in [-0.2, 0) is 43.1 Å².